The maximum atomic E-state index is 13.4. The number of halogens is 1. The molecule has 0 amide bonds. The number of rotatable bonds is 6. The Bertz CT molecular complexity index is 542. The number of aliphatic hydroxyl groups excluding tert-OH is 1. The zero-order valence-corrected chi connectivity index (χ0v) is 11.1. The average Bonchev–Trinajstić information content (AvgIpc) is 2.49. The van der Waals surface area contributed by atoms with Gasteiger partial charge in [-0.25, -0.2) is 4.39 Å². The van der Waals surface area contributed by atoms with E-state index in [0.717, 1.165) is 11.1 Å². The molecule has 0 aliphatic rings. The van der Waals surface area contributed by atoms with Gasteiger partial charge in [-0.1, -0.05) is 42.5 Å². The molecule has 2 aromatic carbocycles. The van der Waals surface area contributed by atoms with Crippen molar-refractivity contribution in [3.05, 3.63) is 71.0 Å². The average molecular weight is 275 g/mol. The largest absolute Gasteiger partial charge is 0.386 e. The Hall–Kier alpha value is -1.75. The summed E-state index contributed by atoms with van der Waals surface area (Å²) in [4.78, 5) is 0. The van der Waals surface area contributed by atoms with E-state index in [4.69, 9.17) is 10.5 Å². The molecular weight excluding hydrogens is 257 g/mol. The van der Waals surface area contributed by atoms with Crippen LogP contribution in [0.1, 0.15) is 22.8 Å². The summed E-state index contributed by atoms with van der Waals surface area (Å²) in [6.45, 7) is 0.737. The molecule has 1 atom stereocenters. The van der Waals surface area contributed by atoms with Crippen LogP contribution in [0.3, 0.4) is 0 Å². The summed E-state index contributed by atoms with van der Waals surface area (Å²) in [6, 6.07) is 13.8. The minimum absolute atomic E-state index is 0.121. The summed E-state index contributed by atoms with van der Waals surface area (Å²) in [7, 11) is 0. The van der Waals surface area contributed by atoms with Crippen LogP contribution < -0.4 is 5.73 Å². The predicted octanol–water partition coefficient (Wildman–Crippen LogP) is 2.53. The molecule has 0 aliphatic carbocycles. The van der Waals surface area contributed by atoms with E-state index in [-0.39, 0.29) is 19.0 Å². The number of nitrogens with two attached hydrogens (primary N) is 1. The summed E-state index contributed by atoms with van der Waals surface area (Å²) in [5.74, 6) is -0.297. The van der Waals surface area contributed by atoms with Gasteiger partial charge in [0.05, 0.1) is 13.2 Å². The van der Waals surface area contributed by atoms with Gasteiger partial charge in [-0.15, -0.1) is 0 Å². The lowest BCUT2D eigenvalue weighted by atomic mass is 10.1. The SMILES string of the molecule is NCc1ccc(C(O)COCc2ccccc2F)cc1. The molecule has 0 saturated carbocycles. The molecule has 3 nitrogen and oxygen atoms in total. The van der Waals surface area contributed by atoms with Crippen LogP contribution in [0.5, 0.6) is 0 Å². The van der Waals surface area contributed by atoms with Crippen molar-refractivity contribution in [3.63, 3.8) is 0 Å². The highest BCUT2D eigenvalue weighted by atomic mass is 19.1. The Balaban J connectivity index is 1.85. The molecular formula is C16H18FNO2. The summed E-state index contributed by atoms with van der Waals surface area (Å²) >= 11 is 0. The van der Waals surface area contributed by atoms with Crippen LogP contribution in [0.4, 0.5) is 4.39 Å². The summed E-state index contributed by atoms with van der Waals surface area (Å²) in [5.41, 5.74) is 7.76. The number of aliphatic hydroxyl groups is 1. The standard InChI is InChI=1S/C16H18FNO2/c17-15-4-2-1-3-14(15)10-20-11-16(19)13-7-5-12(9-18)6-8-13/h1-8,16,19H,9-11,18H2. The molecule has 0 saturated heterocycles. The van der Waals surface area contributed by atoms with E-state index in [2.05, 4.69) is 0 Å². The number of hydrogen-bond acceptors (Lipinski definition) is 3. The van der Waals surface area contributed by atoms with Gasteiger partial charge in [-0.2, -0.15) is 0 Å². The first-order valence-electron chi connectivity index (χ1n) is 6.49. The second-order valence-corrected chi connectivity index (χ2v) is 4.57. The van der Waals surface area contributed by atoms with Crippen LogP contribution in [0.2, 0.25) is 0 Å². The van der Waals surface area contributed by atoms with Gasteiger partial charge in [0.1, 0.15) is 11.9 Å². The highest BCUT2D eigenvalue weighted by molar-refractivity contribution is 5.24. The fourth-order valence-corrected chi connectivity index (χ4v) is 1.87. The van der Waals surface area contributed by atoms with Gasteiger partial charge in [0.2, 0.25) is 0 Å². The van der Waals surface area contributed by atoms with Crippen molar-refractivity contribution in [2.75, 3.05) is 6.61 Å². The van der Waals surface area contributed by atoms with Gasteiger partial charge in [-0.05, 0) is 17.2 Å². The molecule has 20 heavy (non-hydrogen) atoms. The Morgan fingerprint density at radius 3 is 2.45 bits per heavy atom. The first-order valence-corrected chi connectivity index (χ1v) is 6.49. The molecule has 106 valence electrons. The van der Waals surface area contributed by atoms with Crippen LogP contribution in [0.25, 0.3) is 0 Å². The van der Waals surface area contributed by atoms with Gasteiger partial charge >= 0.3 is 0 Å². The smallest absolute Gasteiger partial charge is 0.128 e. The van der Waals surface area contributed by atoms with E-state index >= 15 is 0 Å². The third-order valence-corrected chi connectivity index (χ3v) is 3.09. The molecule has 2 rings (SSSR count). The van der Waals surface area contributed by atoms with Gasteiger partial charge in [0.25, 0.3) is 0 Å². The lowest BCUT2D eigenvalue weighted by Gasteiger charge is -2.12. The molecule has 0 fully saturated rings. The van der Waals surface area contributed by atoms with Gasteiger partial charge < -0.3 is 15.6 Å². The number of ether oxygens (including phenoxy) is 1. The molecule has 4 heteroatoms. The Kier molecular flexibility index (Phi) is 5.24. The maximum Gasteiger partial charge on any atom is 0.128 e. The number of benzene rings is 2. The van der Waals surface area contributed by atoms with Crippen LogP contribution in [0, 0.1) is 5.82 Å². The maximum absolute atomic E-state index is 13.4. The summed E-state index contributed by atoms with van der Waals surface area (Å²) < 4.78 is 18.7. The van der Waals surface area contributed by atoms with E-state index in [1.807, 2.05) is 24.3 Å². The quantitative estimate of drug-likeness (QED) is 0.851. The molecule has 2 aromatic rings. The molecule has 0 spiro atoms. The fourth-order valence-electron chi connectivity index (χ4n) is 1.87. The second-order valence-electron chi connectivity index (χ2n) is 4.57. The van der Waals surface area contributed by atoms with Gasteiger partial charge in [-0.3, -0.25) is 0 Å². The summed E-state index contributed by atoms with van der Waals surface area (Å²) in [5, 5.41) is 9.98. The second kappa shape index (κ2) is 7.14. The van der Waals surface area contributed by atoms with E-state index in [9.17, 15) is 9.50 Å². The first-order chi connectivity index (χ1) is 9.70. The van der Waals surface area contributed by atoms with Crippen molar-refractivity contribution >= 4 is 0 Å². The third-order valence-electron chi connectivity index (χ3n) is 3.09. The fraction of sp³-hybridized carbons (Fsp3) is 0.250. The molecule has 1 unspecified atom stereocenters. The molecule has 0 radical (unpaired) electrons. The molecule has 0 heterocycles. The van der Waals surface area contributed by atoms with Crippen molar-refractivity contribution < 1.29 is 14.2 Å². The normalized spacial score (nSPS) is 12.3. The highest BCUT2D eigenvalue weighted by Crippen LogP contribution is 2.15. The van der Waals surface area contributed by atoms with E-state index < -0.39 is 6.10 Å². The third kappa shape index (κ3) is 3.87. The zero-order valence-electron chi connectivity index (χ0n) is 11.1. The highest BCUT2D eigenvalue weighted by Gasteiger charge is 2.08. The van der Waals surface area contributed by atoms with Crippen molar-refractivity contribution in [2.45, 2.75) is 19.3 Å². The minimum Gasteiger partial charge on any atom is -0.386 e. The van der Waals surface area contributed by atoms with Gasteiger partial charge in [0, 0.05) is 12.1 Å². The van der Waals surface area contributed by atoms with E-state index in [1.54, 1.807) is 18.2 Å². The van der Waals surface area contributed by atoms with Crippen LogP contribution in [0.15, 0.2) is 48.5 Å². The zero-order chi connectivity index (χ0) is 14.4. The van der Waals surface area contributed by atoms with Crippen molar-refractivity contribution in [1.82, 2.24) is 0 Å². The van der Waals surface area contributed by atoms with Crippen LogP contribution in [-0.2, 0) is 17.9 Å². The number of hydrogen-bond donors (Lipinski definition) is 2. The lowest BCUT2D eigenvalue weighted by molar-refractivity contribution is 0.0267. The van der Waals surface area contributed by atoms with Crippen molar-refractivity contribution in [2.24, 2.45) is 5.73 Å². The first kappa shape index (κ1) is 14.7. The molecule has 3 N–H and O–H groups in total. The van der Waals surface area contributed by atoms with Gasteiger partial charge in [0.15, 0.2) is 0 Å². The molecule has 0 bridgehead atoms. The Labute approximate surface area is 117 Å². The topological polar surface area (TPSA) is 55.5 Å². The van der Waals surface area contributed by atoms with Crippen LogP contribution in [-0.4, -0.2) is 11.7 Å². The summed E-state index contributed by atoms with van der Waals surface area (Å²) in [6.07, 6.45) is -0.728. The monoisotopic (exact) mass is 275 g/mol. The van der Waals surface area contributed by atoms with Crippen LogP contribution >= 0.6 is 0 Å². The van der Waals surface area contributed by atoms with Crippen molar-refractivity contribution in [1.29, 1.82) is 0 Å². The minimum atomic E-state index is -0.728. The predicted molar refractivity (Wildman–Crippen MR) is 75.3 cm³/mol. The van der Waals surface area contributed by atoms with E-state index in [0.29, 0.717) is 12.1 Å². The Morgan fingerprint density at radius 2 is 1.80 bits per heavy atom. The lowest BCUT2D eigenvalue weighted by Crippen LogP contribution is -2.08. The Morgan fingerprint density at radius 1 is 1.10 bits per heavy atom. The van der Waals surface area contributed by atoms with E-state index in [1.165, 1.54) is 6.07 Å². The van der Waals surface area contributed by atoms with Crippen molar-refractivity contribution in [3.8, 4) is 0 Å². The molecule has 0 aliphatic heterocycles. The molecule has 0 aromatic heterocycles.